The van der Waals surface area contributed by atoms with Crippen LogP contribution in [-0.2, 0) is 20.7 Å². The number of carbonyl (C=O) groups is 2. The molecule has 0 aromatic heterocycles. The van der Waals surface area contributed by atoms with Crippen LogP contribution < -0.4 is 10.6 Å². The summed E-state index contributed by atoms with van der Waals surface area (Å²) in [7, 11) is 0. The Balaban J connectivity index is 1.46. The molecule has 2 amide bonds. The maximum absolute atomic E-state index is 12.4. The van der Waals surface area contributed by atoms with E-state index in [9.17, 15) is 9.59 Å². The first kappa shape index (κ1) is 20.8. The van der Waals surface area contributed by atoms with Crippen LogP contribution in [0.25, 0.3) is 0 Å². The maximum Gasteiger partial charge on any atom is 0.227 e. The number of hydrogen-bond donors (Lipinski definition) is 2. The molecule has 0 saturated carbocycles. The van der Waals surface area contributed by atoms with Gasteiger partial charge in [0.25, 0.3) is 0 Å². The van der Waals surface area contributed by atoms with Crippen LogP contribution in [0, 0.1) is 11.8 Å². The van der Waals surface area contributed by atoms with Gasteiger partial charge in [0.1, 0.15) is 0 Å². The molecule has 154 valence electrons. The van der Waals surface area contributed by atoms with Gasteiger partial charge in [-0.25, -0.2) is 0 Å². The van der Waals surface area contributed by atoms with Crippen LogP contribution in [0.2, 0.25) is 0 Å². The second-order valence-electron chi connectivity index (χ2n) is 8.32. The Morgan fingerprint density at radius 2 is 2.04 bits per heavy atom. The Morgan fingerprint density at radius 1 is 1.29 bits per heavy atom. The molecule has 0 aliphatic carbocycles. The van der Waals surface area contributed by atoms with E-state index < -0.39 is 0 Å². The van der Waals surface area contributed by atoms with Gasteiger partial charge in [-0.15, -0.1) is 0 Å². The molecule has 1 aromatic carbocycles. The number of morpholine rings is 1. The van der Waals surface area contributed by atoms with E-state index in [-0.39, 0.29) is 17.7 Å². The second-order valence-corrected chi connectivity index (χ2v) is 8.32. The highest BCUT2D eigenvalue weighted by Gasteiger charge is 2.27. The minimum absolute atomic E-state index is 0.0255. The second kappa shape index (κ2) is 10.0. The lowest BCUT2D eigenvalue weighted by Crippen LogP contribution is -2.49. The van der Waals surface area contributed by atoms with Gasteiger partial charge in [0.2, 0.25) is 11.8 Å². The fraction of sp³-hybridized carbons (Fsp3) is 0.636. The molecule has 6 heteroatoms. The van der Waals surface area contributed by atoms with Gasteiger partial charge in [-0.1, -0.05) is 32.0 Å². The topological polar surface area (TPSA) is 70.7 Å². The summed E-state index contributed by atoms with van der Waals surface area (Å²) < 4.78 is 5.45. The quantitative estimate of drug-likeness (QED) is 0.719. The number of para-hydroxylation sites is 1. The zero-order chi connectivity index (χ0) is 19.9. The summed E-state index contributed by atoms with van der Waals surface area (Å²) in [5.74, 6) is 0.508. The highest BCUT2D eigenvalue weighted by Crippen LogP contribution is 2.27. The number of anilines is 1. The molecule has 0 bridgehead atoms. The largest absolute Gasteiger partial charge is 0.379 e. The molecule has 6 nitrogen and oxygen atoms in total. The molecule has 2 N–H and O–H groups in total. The maximum atomic E-state index is 12.4. The molecule has 3 rings (SSSR count). The van der Waals surface area contributed by atoms with Crippen molar-refractivity contribution in [1.29, 1.82) is 0 Å². The lowest BCUT2D eigenvalue weighted by molar-refractivity contribution is -0.123. The van der Waals surface area contributed by atoms with E-state index >= 15 is 0 Å². The lowest BCUT2D eigenvalue weighted by Gasteiger charge is -2.35. The van der Waals surface area contributed by atoms with Crippen LogP contribution >= 0.6 is 0 Å². The molecule has 2 atom stereocenters. The van der Waals surface area contributed by atoms with Gasteiger partial charge in [0, 0.05) is 43.7 Å². The Morgan fingerprint density at radius 3 is 2.79 bits per heavy atom. The smallest absolute Gasteiger partial charge is 0.227 e. The van der Waals surface area contributed by atoms with Gasteiger partial charge in [-0.05, 0) is 36.8 Å². The molecule has 2 aliphatic heterocycles. The fourth-order valence-electron chi connectivity index (χ4n) is 4.12. The molecule has 28 heavy (non-hydrogen) atoms. The molecule has 0 spiro atoms. The molecular formula is C22H33N3O3. The van der Waals surface area contributed by atoms with Gasteiger partial charge in [0.15, 0.2) is 0 Å². The average molecular weight is 388 g/mol. The summed E-state index contributed by atoms with van der Waals surface area (Å²) in [4.78, 5) is 27.2. The fourth-order valence-corrected chi connectivity index (χ4v) is 4.12. The van der Waals surface area contributed by atoms with Crippen molar-refractivity contribution in [2.45, 2.75) is 45.6 Å². The number of amides is 2. The first-order valence-electron chi connectivity index (χ1n) is 10.5. The summed E-state index contributed by atoms with van der Waals surface area (Å²) in [6.45, 7) is 8.48. The van der Waals surface area contributed by atoms with E-state index in [4.69, 9.17) is 4.74 Å². The zero-order valence-corrected chi connectivity index (χ0v) is 17.1. The van der Waals surface area contributed by atoms with E-state index in [1.807, 2.05) is 24.3 Å². The van der Waals surface area contributed by atoms with Crippen LogP contribution in [-0.4, -0.2) is 55.6 Å². The molecule has 1 saturated heterocycles. The normalized spacial score (nSPS) is 21.1. The van der Waals surface area contributed by atoms with Crippen molar-refractivity contribution < 1.29 is 14.3 Å². The number of benzene rings is 1. The van der Waals surface area contributed by atoms with Crippen LogP contribution in [0.4, 0.5) is 5.69 Å². The van der Waals surface area contributed by atoms with Crippen molar-refractivity contribution in [2.24, 2.45) is 11.8 Å². The van der Waals surface area contributed by atoms with Gasteiger partial charge in [0.05, 0.1) is 13.2 Å². The lowest BCUT2D eigenvalue weighted by atomic mass is 9.89. The van der Waals surface area contributed by atoms with Gasteiger partial charge >= 0.3 is 0 Å². The highest BCUT2D eigenvalue weighted by atomic mass is 16.5. The van der Waals surface area contributed by atoms with Crippen molar-refractivity contribution in [3.8, 4) is 0 Å². The Hall–Kier alpha value is -1.92. The first-order valence-corrected chi connectivity index (χ1v) is 10.5. The van der Waals surface area contributed by atoms with Crippen molar-refractivity contribution in [1.82, 2.24) is 10.2 Å². The van der Waals surface area contributed by atoms with Gasteiger partial charge in [-0.2, -0.15) is 0 Å². The number of nitrogens with zero attached hydrogens (tertiary/aromatic N) is 1. The summed E-state index contributed by atoms with van der Waals surface area (Å²) in [5, 5.41) is 6.07. The van der Waals surface area contributed by atoms with Crippen molar-refractivity contribution in [3.63, 3.8) is 0 Å². The number of hydrogen-bond acceptors (Lipinski definition) is 4. The number of ether oxygens (including phenoxy) is 1. The van der Waals surface area contributed by atoms with Crippen molar-refractivity contribution in [2.75, 3.05) is 38.2 Å². The molecule has 2 unspecified atom stereocenters. The van der Waals surface area contributed by atoms with E-state index in [2.05, 4.69) is 29.4 Å². The third-order valence-corrected chi connectivity index (χ3v) is 5.67. The molecular weight excluding hydrogens is 354 g/mol. The number of carbonyl (C=O) groups excluding carboxylic acids is 2. The Bertz CT molecular complexity index is 671. The van der Waals surface area contributed by atoms with Gasteiger partial charge < -0.3 is 15.4 Å². The minimum atomic E-state index is -0.133. The predicted octanol–water partition coefficient (Wildman–Crippen LogP) is 2.44. The average Bonchev–Trinajstić information content (AvgIpc) is 2.70. The van der Waals surface area contributed by atoms with E-state index in [0.29, 0.717) is 37.8 Å². The molecule has 2 heterocycles. The molecule has 1 aromatic rings. The summed E-state index contributed by atoms with van der Waals surface area (Å²) in [6, 6.07) is 8.23. The van der Waals surface area contributed by atoms with E-state index in [1.54, 1.807) is 0 Å². The van der Waals surface area contributed by atoms with Crippen LogP contribution in [0.1, 0.15) is 38.7 Å². The van der Waals surface area contributed by atoms with E-state index in [1.165, 1.54) is 0 Å². The predicted molar refractivity (Wildman–Crippen MR) is 110 cm³/mol. The Labute approximate surface area is 168 Å². The van der Waals surface area contributed by atoms with Crippen LogP contribution in [0.15, 0.2) is 24.3 Å². The molecule has 1 fully saturated rings. The summed E-state index contributed by atoms with van der Waals surface area (Å²) in [5.41, 5.74) is 2.05. The molecule has 0 radical (unpaired) electrons. The first-order chi connectivity index (χ1) is 13.5. The highest BCUT2D eigenvalue weighted by molar-refractivity contribution is 5.96. The summed E-state index contributed by atoms with van der Waals surface area (Å²) >= 11 is 0. The van der Waals surface area contributed by atoms with Crippen LogP contribution in [0.3, 0.4) is 0 Å². The number of fused-ring (bicyclic) bond motifs is 1. The molecule has 2 aliphatic rings. The SMILES string of the molecule is CC(C)CC(CNC(=O)CCC1Cc2ccccc2NC1=O)N1CCOCC1. The third kappa shape index (κ3) is 5.79. The standard InChI is InChI=1S/C22H33N3O3/c1-16(2)13-19(25-9-11-28-12-10-25)15-23-21(26)8-7-18-14-17-5-3-4-6-20(17)24-22(18)27/h3-6,16,18-19H,7-15H2,1-2H3,(H,23,26)(H,24,27). The zero-order valence-electron chi connectivity index (χ0n) is 17.1. The van der Waals surface area contributed by atoms with Crippen molar-refractivity contribution >= 4 is 17.5 Å². The third-order valence-electron chi connectivity index (χ3n) is 5.67. The minimum Gasteiger partial charge on any atom is -0.379 e. The Kier molecular flexibility index (Phi) is 7.45. The monoisotopic (exact) mass is 387 g/mol. The summed E-state index contributed by atoms with van der Waals surface area (Å²) in [6.07, 6.45) is 2.73. The van der Waals surface area contributed by atoms with Gasteiger partial charge in [-0.3, -0.25) is 14.5 Å². The van der Waals surface area contributed by atoms with Crippen molar-refractivity contribution in [3.05, 3.63) is 29.8 Å². The number of nitrogens with one attached hydrogen (secondary N) is 2. The van der Waals surface area contributed by atoms with E-state index in [0.717, 1.165) is 44.0 Å². The van der Waals surface area contributed by atoms with Crippen LogP contribution in [0.5, 0.6) is 0 Å². The number of rotatable bonds is 8.